The molecule has 98 valence electrons. The van der Waals surface area contributed by atoms with Crippen LogP contribution in [0, 0.1) is 11.8 Å². The topological polar surface area (TPSA) is 35.2 Å². The van der Waals surface area contributed by atoms with E-state index in [0.29, 0.717) is 6.61 Å². The van der Waals surface area contributed by atoms with E-state index in [2.05, 4.69) is 40.8 Å². The van der Waals surface area contributed by atoms with Crippen molar-refractivity contribution < 1.29 is 4.74 Å². The fourth-order valence-corrected chi connectivity index (χ4v) is 1.98. The van der Waals surface area contributed by atoms with Gasteiger partial charge in [-0.15, -0.1) is 11.8 Å². The molecule has 0 radical (unpaired) electrons. The van der Waals surface area contributed by atoms with Crippen LogP contribution in [0.2, 0.25) is 0 Å². The summed E-state index contributed by atoms with van der Waals surface area (Å²) in [5, 5.41) is 0. The quantitative estimate of drug-likeness (QED) is 0.644. The Kier molecular flexibility index (Phi) is 6.85. The van der Waals surface area contributed by atoms with Crippen molar-refractivity contribution in [1.82, 2.24) is 0 Å². The SMILES string of the molecule is CC#CCCOc1ccc(Br)c(CC(N)CC)c1. The van der Waals surface area contributed by atoms with E-state index < -0.39 is 0 Å². The molecule has 0 aliphatic heterocycles. The van der Waals surface area contributed by atoms with Gasteiger partial charge in [-0.1, -0.05) is 22.9 Å². The van der Waals surface area contributed by atoms with E-state index in [1.807, 2.05) is 19.1 Å². The Balaban J connectivity index is 2.64. The molecule has 0 aromatic heterocycles. The lowest BCUT2D eigenvalue weighted by Crippen LogP contribution is -2.21. The van der Waals surface area contributed by atoms with E-state index in [0.717, 1.165) is 29.5 Å². The third-order valence-electron chi connectivity index (χ3n) is 2.70. The first kappa shape index (κ1) is 15.1. The van der Waals surface area contributed by atoms with Gasteiger partial charge in [-0.05, 0) is 43.5 Å². The summed E-state index contributed by atoms with van der Waals surface area (Å²) >= 11 is 3.55. The third kappa shape index (κ3) is 5.12. The van der Waals surface area contributed by atoms with E-state index in [-0.39, 0.29) is 6.04 Å². The van der Waals surface area contributed by atoms with Crippen LogP contribution in [-0.2, 0) is 6.42 Å². The van der Waals surface area contributed by atoms with Crippen molar-refractivity contribution in [3.05, 3.63) is 28.2 Å². The van der Waals surface area contributed by atoms with Gasteiger partial charge in [-0.2, -0.15) is 0 Å². The maximum absolute atomic E-state index is 5.98. The zero-order valence-corrected chi connectivity index (χ0v) is 12.6. The van der Waals surface area contributed by atoms with Crippen molar-refractivity contribution in [2.75, 3.05) is 6.61 Å². The van der Waals surface area contributed by atoms with Crippen LogP contribution in [0.15, 0.2) is 22.7 Å². The molecular formula is C15H20BrNO. The van der Waals surface area contributed by atoms with Gasteiger partial charge >= 0.3 is 0 Å². The molecule has 0 bridgehead atoms. The number of rotatable bonds is 6. The minimum absolute atomic E-state index is 0.197. The van der Waals surface area contributed by atoms with Crippen molar-refractivity contribution in [2.45, 2.75) is 39.2 Å². The Labute approximate surface area is 118 Å². The molecule has 3 heteroatoms. The first-order valence-electron chi connectivity index (χ1n) is 6.23. The monoisotopic (exact) mass is 309 g/mol. The molecule has 2 N–H and O–H groups in total. The average molecular weight is 310 g/mol. The average Bonchev–Trinajstić information content (AvgIpc) is 2.38. The van der Waals surface area contributed by atoms with Crippen molar-refractivity contribution in [3.8, 4) is 17.6 Å². The van der Waals surface area contributed by atoms with Gasteiger partial charge in [0.2, 0.25) is 0 Å². The second-order valence-electron chi connectivity index (χ2n) is 4.15. The van der Waals surface area contributed by atoms with Gasteiger partial charge in [0.05, 0.1) is 6.61 Å². The highest BCUT2D eigenvalue weighted by molar-refractivity contribution is 9.10. The summed E-state index contributed by atoms with van der Waals surface area (Å²) in [4.78, 5) is 0. The second-order valence-corrected chi connectivity index (χ2v) is 5.01. The first-order valence-corrected chi connectivity index (χ1v) is 7.03. The molecule has 2 nitrogen and oxygen atoms in total. The molecule has 18 heavy (non-hydrogen) atoms. The zero-order valence-electron chi connectivity index (χ0n) is 11.0. The standard InChI is InChI=1S/C15H20BrNO/c1-3-5-6-9-18-14-7-8-15(16)12(11-14)10-13(17)4-2/h7-8,11,13H,4,6,9-10,17H2,1-2H3. The number of halogens is 1. The number of hydrogen-bond acceptors (Lipinski definition) is 2. The van der Waals surface area contributed by atoms with E-state index in [9.17, 15) is 0 Å². The van der Waals surface area contributed by atoms with Crippen molar-refractivity contribution >= 4 is 15.9 Å². The summed E-state index contributed by atoms with van der Waals surface area (Å²) in [6, 6.07) is 6.23. The Bertz CT molecular complexity index is 434. The highest BCUT2D eigenvalue weighted by Crippen LogP contribution is 2.24. The lowest BCUT2D eigenvalue weighted by atomic mass is 10.0. The van der Waals surface area contributed by atoms with Crippen LogP contribution in [0.25, 0.3) is 0 Å². The molecule has 0 saturated carbocycles. The Morgan fingerprint density at radius 1 is 1.44 bits per heavy atom. The van der Waals surface area contributed by atoms with Gasteiger partial charge in [0.1, 0.15) is 5.75 Å². The molecule has 0 amide bonds. The van der Waals surface area contributed by atoms with Crippen LogP contribution in [0.3, 0.4) is 0 Å². The fourth-order valence-electron chi connectivity index (χ4n) is 1.57. The van der Waals surface area contributed by atoms with Gasteiger partial charge in [-0.25, -0.2) is 0 Å². The van der Waals surface area contributed by atoms with Crippen molar-refractivity contribution in [3.63, 3.8) is 0 Å². The van der Waals surface area contributed by atoms with Gasteiger partial charge in [0, 0.05) is 16.9 Å². The summed E-state index contributed by atoms with van der Waals surface area (Å²) < 4.78 is 6.74. The maximum atomic E-state index is 5.98. The van der Waals surface area contributed by atoms with Crippen molar-refractivity contribution in [1.29, 1.82) is 0 Å². The minimum atomic E-state index is 0.197. The molecule has 0 saturated heterocycles. The summed E-state index contributed by atoms with van der Waals surface area (Å²) in [6.07, 6.45) is 2.60. The molecule has 1 unspecified atom stereocenters. The third-order valence-corrected chi connectivity index (χ3v) is 3.47. The minimum Gasteiger partial charge on any atom is -0.493 e. The Morgan fingerprint density at radius 2 is 2.22 bits per heavy atom. The zero-order chi connectivity index (χ0) is 13.4. The largest absolute Gasteiger partial charge is 0.493 e. The molecule has 0 spiro atoms. The van der Waals surface area contributed by atoms with Gasteiger partial charge in [0.25, 0.3) is 0 Å². The van der Waals surface area contributed by atoms with Gasteiger partial charge in [0.15, 0.2) is 0 Å². The first-order chi connectivity index (χ1) is 8.67. The van der Waals surface area contributed by atoms with Crippen molar-refractivity contribution in [2.24, 2.45) is 5.73 Å². The molecule has 1 aromatic carbocycles. The van der Waals surface area contributed by atoms with E-state index in [1.165, 1.54) is 5.56 Å². The smallest absolute Gasteiger partial charge is 0.119 e. The van der Waals surface area contributed by atoms with Crippen LogP contribution in [0.5, 0.6) is 5.75 Å². The molecule has 0 fully saturated rings. The summed E-state index contributed by atoms with van der Waals surface area (Å²) in [7, 11) is 0. The highest BCUT2D eigenvalue weighted by Gasteiger charge is 2.07. The van der Waals surface area contributed by atoms with E-state index in [1.54, 1.807) is 0 Å². The van der Waals surface area contributed by atoms with E-state index in [4.69, 9.17) is 10.5 Å². The second kappa shape index (κ2) is 8.18. The molecule has 0 aliphatic carbocycles. The van der Waals surface area contributed by atoms with E-state index >= 15 is 0 Å². The van der Waals surface area contributed by atoms with Crippen LogP contribution < -0.4 is 10.5 Å². The van der Waals surface area contributed by atoms with Gasteiger partial charge in [-0.3, -0.25) is 0 Å². The molecule has 1 aromatic rings. The van der Waals surface area contributed by atoms with Crippen LogP contribution >= 0.6 is 15.9 Å². The molecule has 0 aliphatic rings. The lowest BCUT2D eigenvalue weighted by molar-refractivity contribution is 0.326. The van der Waals surface area contributed by atoms with Crippen LogP contribution in [0.4, 0.5) is 0 Å². The normalized spacial score (nSPS) is 11.6. The Morgan fingerprint density at radius 3 is 2.89 bits per heavy atom. The molecule has 1 atom stereocenters. The number of ether oxygens (including phenoxy) is 1. The predicted octanol–water partition coefficient (Wildman–Crippen LogP) is 3.52. The number of hydrogen-bond donors (Lipinski definition) is 1. The number of benzene rings is 1. The van der Waals surface area contributed by atoms with Crippen LogP contribution in [-0.4, -0.2) is 12.6 Å². The molecule has 1 rings (SSSR count). The summed E-state index contributed by atoms with van der Waals surface area (Å²) in [5.41, 5.74) is 7.18. The predicted molar refractivity (Wildman–Crippen MR) is 79.7 cm³/mol. The molecular weight excluding hydrogens is 290 g/mol. The Hall–Kier alpha value is -0.980. The molecule has 0 heterocycles. The number of nitrogens with two attached hydrogens (primary N) is 1. The van der Waals surface area contributed by atoms with Gasteiger partial charge < -0.3 is 10.5 Å². The maximum Gasteiger partial charge on any atom is 0.119 e. The van der Waals surface area contributed by atoms with Crippen LogP contribution in [0.1, 0.15) is 32.3 Å². The lowest BCUT2D eigenvalue weighted by Gasteiger charge is -2.12. The summed E-state index contributed by atoms with van der Waals surface area (Å²) in [6.45, 7) is 4.56. The fraction of sp³-hybridized carbons (Fsp3) is 0.467. The summed E-state index contributed by atoms with van der Waals surface area (Å²) in [5.74, 6) is 6.72. The highest BCUT2D eigenvalue weighted by atomic mass is 79.9.